The third kappa shape index (κ3) is 3.02. The van der Waals surface area contributed by atoms with Crippen LogP contribution in [0.2, 0.25) is 0 Å². The molecule has 0 fully saturated rings. The highest BCUT2D eigenvalue weighted by atomic mass is 19.3. The second-order valence-electron chi connectivity index (χ2n) is 4.16. The van der Waals surface area contributed by atoms with Crippen molar-refractivity contribution < 1.29 is 17.9 Å². The molecule has 0 N–H and O–H groups in total. The first-order chi connectivity index (χ1) is 9.63. The van der Waals surface area contributed by atoms with Gasteiger partial charge in [-0.15, -0.1) is 0 Å². The fraction of sp³-hybridized carbons (Fsp3) is 0.125. The molecular formula is C16H13F3O. The molecule has 0 aliphatic heterocycles. The van der Waals surface area contributed by atoms with Gasteiger partial charge in [0.05, 0.1) is 0 Å². The Bertz CT molecular complexity index is 617. The van der Waals surface area contributed by atoms with E-state index in [1.54, 1.807) is 43.3 Å². The zero-order valence-corrected chi connectivity index (χ0v) is 10.9. The predicted molar refractivity (Wildman–Crippen MR) is 72.1 cm³/mol. The summed E-state index contributed by atoms with van der Waals surface area (Å²) < 4.78 is 43.5. The Morgan fingerprint density at radius 3 is 2.40 bits per heavy atom. The van der Waals surface area contributed by atoms with Gasteiger partial charge >= 0.3 is 6.08 Å². The fourth-order valence-electron chi connectivity index (χ4n) is 1.95. The molecule has 104 valence electrons. The summed E-state index contributed by atoms with van der Waals surface area (Å²) in [7, 11) is 0. The van der Waals surface area contributed by atoms with Crippen LogP contribution in [0.1, 0.15) is 12.5 Å². The molecule has 0 atom stereocenters. The van der Waals surface area contributed by atoms with Crippen LogP contribution in [0.5, 0.6) is 5.75 Å². The molecule has 1 nitrogen and oxygen atoms in total. The molecule has 2 aromatic rings. The molecule has 0 aliphatic rings. The van der Waals surface area contributed by atoms with Crippen LogP contribution in [-0.4, -0.2) is 0 Å². The van der Waals surface area contributed by atoms with Crippen LogP contribution in [0.15, 0.2) is 54.8 Å². The van der Waals surface area contributed by atoms with Crippen LogP contribution in [0.25, 0.3) is 11.1 Å². The Kier molecular flexibility index (Phi) is 4.45. The van der Waals surface area contributed by atoms with Crippen molar-refractivity contribution in [2.24, 2.45) is 0 Å². The second kappa shape index (κ2) is 6.28. The summed E-state index contributed by atoms with van der Waals surface area (Å²) in [5.41, 5.74) is 1.53. The van der Waals surface area contributed by atoms with Gasteiger partial charge in [-0.3, -0.25) is 0 Å². The number of rotatable bonds is 4. The van der Waals surface area contributed by atoms with E-state index in [0.29, 0.717) is 23.1 Å². The monoisotopic (exact) mass is 278 g/mol. The minimum Gasteiger partial charge on any atom is -0.456 e. The molecule has 0 aliphatic carbocycles. The van der Waals surface area contributed by atoms with Gasteiger partial charge in [-0.05, 0) is 17.5 Å². The molecule has 0 aromatic heterocycles. The summed E-state index contributed by atoms with van der Waals surface area (Å²) in [6.07, 6.45) is -1.26. The van der Waals surface area contributed by atoms with Crippen molar-refractivity contribution >= 4 is 0 Å². The highest BCUT2D eigenvalue weighted by Gasteiger charge is 2.15. The number of benzene rings is 2. The maximum Gasteiger partial charge on any atom is 0.305 e. The van der Waals surface area contributed by atoms with Crippen LogP contribution in [0, 0.1) is 5.82 Å². The SMILES string of the molecule is CCc1ccc(-c2ccccc2)c(F)c1OC=C(F)F. The first-order valence-electron chi connectivity index (χ1n) is 6.18. The van der Waals surface area contributed by atoms with Gasteiger partial charge in [0.2, 0.25) is 0 Å². The van der Waals surface area contributed by atoms with Crippen molar-refractivity contribution in [1.29, 1.82) is 0 Å². The van der Waals surface area contributed by atoms with E-state index in [1.165, 1.54) is 0 Å². The lowest BCUT2D eigenvalue weighted by molar-refractivity contribution is 0.354. The Balaban J connectivity index is 2.51. The molecule has 2 rings (SSSR count). The molecule has 4 heteroatoms. The number of halogens is 3. The second-order valence-corrected chi connectivity index (χ2v) is 4.16. The normalized spacial score (nSPS) is 10.2. The molecule has 0 heterocycles. The molecule has 0 saturated carbocycles. The van der Waals surface area contributed by atoms with Gasteiger partial charge in [-0.25, -0.2) is 4.39 Å². The van der Waals surface area contributed by atoms with Gasteiger partial charge in [-0.1, -0.05) is 49.4 Å². The van der Waals surface area contributed by atoms with Gasteiger partial charge in [0, 0.05) is 5.56 Å². The van der Waals surface area contributed by atoms with E-state index in [9.17, 15) is 13.2 Å². The van der Waals surface area contributed by atoms with Crippen molar-refractivity contribution in [3.8, 4) is 16.9 Å². The Hall–Kier alpha value is -2.23. The number of hydrogen-bond acceptors (Lipinski definition) is 1. The smallest absolute Gasteiger partial charge is 0.305 e. The van der Waals surface area contributed by atoms with Crippen molar-refractivity contribution in [3.05, 3.63) is 66.2 Å². The van der Waals surface area contributed by atoms with Crippen molar-refractivity contribution in [3.63, 3.8) is 0 Å². The van der Waals surface area contributed by atoms with Crippen molar-refractivity contribution in [2.75, 3.05) is 0 Å². The number of aryl methyl sites for hydroxylation is 1. The average molecular weight is 278 g/mol. The lowest BCUT2D eigenvalue weighted by Crippen LogP contribution is -1.96. The average Bonchev–Trinajstić information content (AvgIpc) is 2.46. The zero-order chi connectivity index (χ0) is 14.5. The van der Waals surface area contributed by atoms with E-state index in [2.05, 4.69) is 0 Å². The van der Waals surface area contributed by atoms with Crippen LogP contribution < -0.4 is 4.74 Å². The standard InChI is InChI=1S/C16H13F3O/c1-2-11-8-9-13(12-6-4-3-5-7-12)15(19)16(11)20-10-14(17)18/h3-10H,2H2,1H3. The van der Waals surface area contributed by atoms with E-state index in [0.717, 1.165) is 0 Å². The van der Waals surface area contributed by atoms with Crippen LogP contribution in [0.3, 0.4) is 0 Å². The third-order valence-electron chi connectivity index (χ3n) is 2.91. The molecule has 20 heavy (non-hydrogen) atoms. The first kappa shape index (κ1) is 14.2. The Morgan fingerprint density at radius 1 is 1.10 bits per heavy atom. The van der Waals surface area contributed by atoms with Gasteiger partial charge < -0.3 is 4.74 Å². The topological polar surface area (TPSA) is 9.23 Å². The zero-order valence-electron chi connectivity index (χ0n) is 10.9. The summed E-state index contributed by atoms with van der Waals surface area (Å²) in [4.78, 5) is 0. The molecule has 0 saturated heterocycles. The van der Waals surface area contributed by atoms with Gasteiger partial charge in [0.25, 0.3) is 0 Å². The minimum absolute atomic E-state index is 0.151. The molecule has 0 bridgehead atoms. The van der Waals surface area contributed by atoms with Crippen LogP contribution in [-0.2, 0) is 6.42 Å². The summed E-state index contributed by atoms with van der Waals surface area (Å²) in [5, 5.41) is 0. The largest absolute Gasteiger partial charge is 0.456 e. The van der Waals surface area contributed by atoms with Crippen molar-refractivity contribution in [1.82, 2.24) is 0 Å². The first-order valence-corrected chi connectivity index (χ1v) is 6.18. The lowest BCUT2D eigenvalue weighted by atomic mass is 10.0. The molecule has 0 amide bonds. The highest BCUT2D eigenvalue weighted by Crippen LogP contribution is 2.33. The maximum absolute atomic E-state index is 14.5. The highest BCUT2D eigenvalue weighted by molar-refractivity contribution is 5.67. The third-order valence-corrected chi connectivity index (χ3v) is 2.91. The Labute approximate surface area is 115 Å². The Morgan fingerprint density at radius 2 is 1.80 bits per heavy atom. The molecule has 0 radical (unpaired) electrons. The summed E-state index contributed by atoms with van der Waals surface area (Å²) in [6, 6.07) is 12.2. The quantitative estimate of drug-likeness (QED) is 0.701. The van der Waals surface area contributed by atoms with E-state index < -0.39 is 11.9 Å². The molecule has 2 aromatic carbocycles. The van der Waals surface area contributed by atoms with Crippen LogP contribution in [0.4, 0.5) is 13.2 Å². The maximum atomic E-state index is 14.5. The van der Waals surface area contributed by atoms with Gasteiger partial charge in [0.1, 0.15) is 0 Å². The fourth-order valence-corrected chi connectivity index (χ4v) is 1.95. The van der Waals surface area contributed by atoms with Crippen molar-refractivity contribution in [2.45, 2.75) is 13.3 Å². The van der Waals surface area contributed by atoms with E-state index in [1.807, 2.05) is 6.07 Å². The van der Waals surface area contributed by atoms with Gasteiger partial charge in [-0.2, -0.15) is 8.78 Å². The molecular weight excluding hydrogens is 265 g/mol. The summed E-state index contributed by atoms with van der Waals surface area (Å²) in [6.45, 7) is 1.80. The van der Waals surface area contributed by atoms with E-state index >= 15 is 0 Å². The number of ether oxygens (including phenoxy) is 1. The van der Waals surface area contributed by atoms with E-state index in [4.69, 9.17) is 4.74 Å². The van der Waals surface area contributed by atoms with Gasteiger partial charge in [0.15, 0.2) is 17.8 Å². The molecule has 0 unspecified atom stereocenters. The minimum atomic E-state index is -2.00. The van der Waals surface area contributed by atoms with Crippen LogP contribution >= 0.6 is 0 Å². The molecule has 0 spiro atoms. The number of hydrogen-bond donors (Lipinski definition) is 0. The predicted octanol–water partition coefficient (Wildman–Crippen LogP) is 5.17. The van der Waals surface area contributed by atoms with E-state index in [-0.39, 0.29) is 12.0 Å². The lowest BCUT2D eigenvalue weighted by Gasteiger charge is -2.12. The summed E-state index contributed by atoms with van der Waals surface area (Å²) >= 11 is 0. The summed E-state index contributed by atoms with van der Waals surface area (Å²) in [5.74, 6) is -0.783.